The molecule has 0 saturated heterocycles. The minimum absolute atomic E-state index is 0.0732. The number of amides is 1. The fourth-order valence-electron chi connectivity index (χ4n) is 2.92. The van der Waals surface area contributed by atoms with E-state index in [4.69, 9.17) is 4.74 Å². The van der Waals surface area contributed by atoms with Crippen LogP contribution in [-0.2, 0) is 7.05 Å². The van der Waals surface area contributed by atoms with Crippen molar-refractivity contribution in [1.82, 2.24) is 24.3 Å². The molecule has 1 amide bonds. The van der Waals surface area contributed by atoms with E-state index >= 15 is 0 Å². The van der Waals surface area contributed by atoms with Crippen LogP contribution in [0.4, 0.5) is 5.69 Å². The van der Waals surface area contributed by atoms with Crippen molar-refractivity contribution < 1.29 is 9.53 Å². The number of nitrogens with one attached hydrogen (secondary N) is 1. The molecule has 0 fully saturated rings. The number of hydrogen-bond donors (Lipinski definition) is 1. The summed E-state index contributed by atoms with van der Waals surface area (Å²) >= 11 is 0. The highest BCUT2D eigenvalue weighted by Crippen LogP contribution is 2.22. The van der Waals surface area contributed by atoms with Gasteiger partial charge >= 0.3 is 0 Å². The maximum atomic E-state index is 12.4. The van der Waals surface area contributed by atoms with Crippen LogP contribution in [0, 0.1) is 13.8 Å². The van der Waals surface area contributed by atoms with Gasteiger partial charge in [-0.15, -0.1) is 10.2 Å². The standard InChI is InChI=1S/C22H20N6O3/c1-14-15(2)28(13-23-14)19-10-11-20(26-25-19)31-17-8-6-16(7-9-17)24-21(29)18-5-4-12-27(3)22(18)30/h4-13H,1-3H3,(H,24,29). The first-order valence-electron chi connectivity index (χ1n) is 9.52. The van der Waals surface area contributed by atoms with E-state index in [1.165, 1.54) is 10.6 Å². The molecule has 0 aliphatic carbocycles. The van der Waals surface area contributed by atoms with Crippen LogP contribution in [0.2, 0.25) is 0 Å². The Hall–Kier alpha value is -4.27. The van der Waals surface area contributed by atoms with Crippen molar-refractivity contribution in [1.29, 1.82) is 0 Å². The summed E-state index contributed by atoms with van der Waals surface area (Å²) in [5, 5.41) is 11.0. The summed E-state index contributed by atoms with van der Waals surface area (Å²) in [6.45, 7) is 3.90. The van der Waals surface area contributed by atoms with Gasteiger partial charge in [-0.2, -0.15) is 0 Å². The van der Waals surface area contributed by atoms with Crippen molar-refractivity contribution in [2.24, 2.45) is 7.05 Å². The van der Waals surface area contributed by atoms with Gasteiger partial charge in [-0.1, -0.05) is 0 Å². The van der Waals surface area contributed by atoms with Crippen molar-refractivity contribution in [2.75, 3.05) is 5.32 Å². The predicted molar refractivity (Wildman–Crippen MR) is 115 cm³/mol. The number of rotatable bonds is 5. The molecule has 156 valence electrons. The van der Waals surface area contributed by atoms with Crippen LogP contribution >= 0.6 is 0 Å². The van der Waals surface area contributed by atoms with Crippen molar-refractivity contribution in [2.45, 2.75) is 13.8 Å². The van der Waals surface area contributed by atoms with Crippen LogP contribution in [0.3, 0.4) is 0 Å². The number of carbonyl (C=O) groups is 1. The van der Waals surface area contributed by atoms with E-state index in [2.05, 4.69) is 20.5 Å². The summed E-state index contributed by atoms with van der Waals surface area (Å²) < 4.78 is 8.93. The highest BCUT2D eigenvalue weighted by atomic mass is 16.5. The third-order valence-corrected chi connectivity index (χ3v) is 4.83. The second kappa shape index (κ2) is 8.23. The number of hydrogen-bond acceptors (Lipinski definition) is 6. The van der Waals surface area contributed by atoms with Crippen LogP contribution in [0.15, 0.2) is 65.8 Å². The molecule has 4 aromatic rings. The zero-order valence-corrected chi connectivity index (χ0v) is 17.2. The summed E-state index contributed by atoms with van der Waals surface area (Å²) in [7, 11) is 1.60. The van der Waals surface area contributed by atoms with Crippen LogP contribution in [-0.4, -0.2) is 30.2 Å². The zero-order valence-electron chi connectivity index (χ0n) is 17.2. The second-order valence-electron chi connectivity index (χ2n) is 6.93. The van der Waals surface area contributed by atoms with E-state index in [0.717, 1.165) is 11.4 Å². The Morgan fingerprint density at radius 2 is 1.81 bits per heavy atom. The number of pyridine rings is 1. The number of benzene rings is 1. The normalized spacial score (nSPS) is 10.7. The molecule has 9 nitrogen and oxygen atoms in total. The van der Waals surface area contributed by atoms with Gasteiger partial charge in [0.1, 0.15) is 17.6 Å². The molecule has 0 saturated carbocycles. The van der Waals surface area contributed by atoms with Gasteiger partial charge in [-0.25, -0.2) is 4.98 Å². The van der Waals surface area contributed by atoms with Crippen molar-refractivity contribution in [3.8, 4) is 17.4 Å². The molecule has 0 radical (unpaired) electrons. The Morgan fingerprint density at radius 3 is 2.45 bits per heavy atom. The number of anilines is 1. The lowest BCUT2D eigenvalue weighted by Crippen LogP contribution is -2.26. The molecule has 3 aromatic heterocycles. The van der Waals surface area contributed by atoms with Gasteiger partial charge in [-0.05, 0) is 56.3 Å². The third-order valence-electron chi connectivity index (χ3n) is 4.83. The quantitative estimate of drug-likeness (QED) is 0.536. The number of aryl methyl sites for hydroxylation is 2. The SMILES string of the molecule is Cc1ncn(-c2ccc(Oc3ccc(NC(=O)c4cccn(C)c4=O)cc3)nn2)c1C. The monoisotopic (exact) mass is 416 g/mol. The average Bonchev–Trinajstić information content (AvgIpc) is 3.10. The zero-order chi connectivity index (χ0) is 22.0. The first-order chi connectivity index (χ1) is 14.9. The molecule has 0 aliphatic heterocycles. The van der Waals surface area contributed by atoms with E-state index < -0.39 is 5.91 Å². The molecule has 0 atom stereocenters. The fourth-order valence-corrected chi connectivity index (χ4v) is 2.92. The molecule has 1 N–H and O–H groups in total. The molecular formula is C22H20N6O3. The smallest absolute Gasteiger partial charge is 0.263 e. The number of ether oxygens (including phenoxy) is 1. The summed E-state index contributed by atoms with van der Waals surface area (Å²) in [4.78, 5) is 28.7. The Morgan fingerprint density at radius 1 is 1.03 bits per heavy atom. The van der Waals surface area contributed by atoms with Gasteiger partial charge < -0.3 is 14.6 Å². The van der Waals surface area contributed by atoms with Crippen LogP contribution < -0.4 is 15.6 Å². The molecule has 0 unspecified atom stereocenters. The number of nitrogens with zero attached hydrogens (tertiary/aromatic N) is 5. The lowest BCUT2D eigenvalue weighted by atomic mass is 10.2. The summed E-state index contributed by atoms with van der Waals surface area (Å²) in [5.74, 6) is 1.05. The second-order valence-corrected chi connectivity index (χ2v) is 6.93. The molecule has 1 aromatic carbocycles. The van der Waals surface area contributed by atoms with E-state index in [1.54, 1.807) is 62.0 Å². The van der Waals surface area contributed by atoms with Gasteiger partial charge in [0.05, 0.1) is 5.69 Å². The van der Waals surface area contributed by atoms with Crippen molar-refractivity contribution in [3.05, 3.63) is 88.4 Å². The van der Waals surface area contributed by atoms with E-state index in [-0.39, 0.29) is 11.1 Å². The van der Waals surface area contributed by atoms with Crippen LogP contribution in [0.25, 0.3) is 5.82 Å². The maximum absolute atomic E-state index is 12.4. The Kier molecular flexibility index (Phi) is 5.31. The van der Waals surface area contributed by atoms with Crippen LogP contribution in [0.1, 0.15) is 21.7 Å². The molecular weight excluding hydrogens is 396 g/mol. The highest BCUT2D eigenvalue weighted by molar-refractivity contribution is 6.03. The first-order valence-corrected chi connectivity index (χ1v) is 9.52. The predicted octanol–water partition coefficient (Wildman–Crippen LogP) is 3.02. The summed E-state index contributed by atoms with van der Waals surface area (Å²) in [5.41, 5.74) is 2.18. The minimum atomic E-state index is -0.471. The van der Waals surface area contributed by atoms with E-state index in [0.29, 0.717) is 23.1 Å². The molecule has 4 rings (SSSR count). The lowest BCUT2D eigenvalue weighted by molar-refractivity contribution is 0.102. The van der Waals surface area contributed by atoms with Gasteiger partial charge in [0.15, 0.2) is 5.82 Å². The molecule has 0 aliphatic rings. The number of aromatic nitrogens is 5. The Labute approximate surface area is 178 Å². The Balaban J connectivity index is 1.43. The van der Waals surface area contributed by atoms with Crippen LogP contribution in [0.5, 0.6) is 11.6 Å². The molecule has 3 heterocycles. The summed E-state index contributed by atoms with van der Waals surface area (Å²) in [6, 6.07) is 13.4. The third kappa shape index (κ3) is 4.20. The van der Waals surface area contributed by atoms with Gasteiger partial charge in [-0.3, -0.25) is 14.2 Å². The molecule has 9 heteroatoms. The lowest BCUT2D eigenvalue weighted by Gasteiger charge is -2.08. The largest absolute Gasteiger partial charge is 0.438 e. The number of carbonyl (C=O) groups excluding carboxylic acids is 1. The maximum Gasteiger partial charge on any atom is 0.263 e. The van der Waals surface area contributed by atoms with Gasteiger partial charge in [0, 0.05) is 30.7 Å². The summed E-state index contributed by atoms with van der Waals surface area (Å²) in [6.07, 6.45) is 3.30. The average molecular weight is 416 g/mol. The van der Waals surface area contributed by atoms with Gasteiger partial charge in [0.2, 0.25) is 5.88 Å². The van der Waals surface area contributed by atoms with E-state index in [1.807, 2.05) is 18.4 Å². The van der Waals surface area contributed by atoms with Crippen molar-refractivity contribution >= 4 is 11.6 Å². The fraction of sp³-hybridized carbons (Fsp3) is 0.136. The highest BCUT2D eigenvalue weighted by Gasteiger charge is 2.12. The number of imidazole rings is 1. The first kappa shape index (κ1) is 20.0. The van der Waals surface area contributed by atoms with E-state index in [9.17, 15) is 9.59 Å². The van der Waals surface area contributed by atoms with Gasteiger partial charge in [0.25, 0.3) is 11.5 Å². The molecule has 0 spiro atoms. The Bertz CT molecular complexity index is 1290. The topological polar surface area (TPSA) is 104 Å². The molecule has 0 bridgehead atoms. The minimum Gasteiger partial charge on any atom is -0.438 e. The van der Waals surface area contributed by atoms with Crippen molar-refractivity contribution in [3.63, 3.8) is 0 Å². The molecule has 31 heavy (non-hydrogen) atoms.